The molecule has 0 aliphatic heterocycles. The second kappa shape index (κ2) is 5.40. The minimum Gasteiger partial charge on any atom is -0.460 e. The lowest BCUT2D eigenvalue weighted by Gasteiger charge is -2.11. The van der Waals surface area contributed by atoms with Gasteiger partial charge in [0.25, 0.3) is 5.82 Å². The van der Waals surface area contributed by atoms with Crippen molar-refractivity contribution in [1.29, 1.82) is 0 Å². The van der Waals surface area contributed by atoms with Gasteiger partial charge < -0.3 is 9.47 Å². The predicted octanol–water partition coefficient (Wildman–Crippen LogP) is 0.0572. The largest absolute Gasteiger partial charge is 0.460 e. The molecule has 0 aliphatic rings. The minimum absolute atomic E-state index is 0.0985. The van der Waals surface area contributed by atoms with E-state index in [1.807, 2.05) is 6.92 Å². The monoisotopic (exact) mass is 214 g/mol. The summed E-state index contributed by atoms with van der Waals surface area (Å²) in [6.07, 6.45) is 0. The molecular formula is C8H14N4O3. The highest BCUT2D eigenvalue weighted by atomic mass is 16.5. The Morgan fingerprint density at radius 1 is 1.60 bits per heavy atom. The van der Waals surface area contributed by atoms with Crippen LogP contribution in [0.1, 0.15) is 30.5 Å². The Hall–Kier alpha value is -1.50. The molecule has 0 fully saturated rings. The topological polar surface area (TPSA) is 79.1 Å². The van der Waals surface area contributed by atoms with Crippen LogP contribution in [-0.4, -0.2) is 46.5 Å². The third-order valence-corrected chi connectivity index (χ3v) is 1.78. The first kappa shape index (κ1) is 11.6. The van der Waals surface area contributed by atoms with Gasteiger partial charge in [-0.3, -0.25) is 0 Å². The van der Waals surface area contributed by atoms with Gasteiger partial charge in [-0.15, -0.1) is 5.10 Å². The molecular weight excluding hydrogens is 200 g/mol. The predicted molar refractivity (Wildman–Crippen MR) is 50.4 cm³/mol. The number of methoxy groups -OCH3 is 1. The van der Waals surface area contributed by atoms with E-state index in [0.29, 0.717) is 13.2 Å². The zero-order valence-electron chi connectivity index (χ0n) is 9.01. The second-order valence-corrected chi connectivity index (χ2v) is 2.97. The van der Waals surface area contributed by atoms with Crippen LogP contribution in [-0.2, 0) is 9.47 Å². The first-order valence-electron chi connectivity index (χ1n) is 4.64. The number of nitrogens with zero attached hydrogens (tertiary/aromatic N) is 4. The van der Waals surface area contributed by atoms with Gasteiger partial charge in [0.05, 0.1) is 19.3 Å². The van der Waals surface area contributed by atoms with E-state index in [0.717, 1.165) is 0 Å². The summed E-state index contributed by atoms with van der Waals surface area (Å²) in [5.74, 6) is -0.424. The van der Waals surface area contributed by atoms with E-state index in [1.54, 1.807) is 14.0 Å². The molecule has 0 aromatic carbocycles. The maximum atomic E-state index is 11.4. The number of hydrogen-bond donors (Lipinski definition) is 0. The number of hydrogen-bond acceptors (Lipinski definition) is 6. The van der Waals surface area contributed by atoms with Gasteiger partial charge >= 0.3 is 5.97 Å². The molecule has 1 unspecified atom stereocenters. The van der Waals surface area contributed by atoms with Crippen LogP contribution in [0.2, 0.25) is 0 Å². The fraction of sp³-hybridized carbons (Fsp3) is 0.750. The van der Waals surface area contributed by atoms with Gasteiger partial charge in [-0.25, -0.2) is 9.48 Å². The lowest BCUT2D eigenvalue weighted by atomic mass is 10.3. The number of rotatable bonds is 5. The maximum Gasteiger partial charge on any atom is 0.378 e. The summed E-state index contributed by atoms with van der Waals surface area (Å²) in [7, 11) is 1.57. The van der Waals surface area contributed by atoms with E-state index < -0.39 is 5.97 Å². The molecule has 7 nitrogen and oxygen atoms in total. The van der Waals surface area contributed by atoms with Crippen molar-refractivity contribution in [3.05, 3.63) is 5.82 Å². The highest BCUT2D eigenvalue weighted by molar-refractivity contribution is 5.85. The van der Waals surface area contributed by atoms with Gasteiger partial charge in [-0.2, -0.15) is 0 Å². The summed E-state index contributed by atoms with van der Waals surface area (Å²) < 4.78 is 11.2. The second-order valence-electron chi connectivity index (χ2n) is 2.97. The van der Waals surface area contributed by atoms with E-state index in [1.165, 1.54) is 4.68 Å². The third kappa shape index (κ3) is 2.72. The average molecular weight is 214 g/mol. The number of ether oxygens (including phenoxy) is 2. The molecule has 0 saturated carbocycles. The number of carbonyl (C=O) groups excluding carboxylic acids is 1. The van der Waals surface area contributed by atoms with Crippen LogP contribution >= 0.6 is 0 Å². The van der Waals surface area contributed by atoms with Crippen LogP contribution in [0.3, 0.4) is 0 Å². The number of tetrazole rings is 1. The third-order valence-electron chi connectivity index (χ3n) is 1.78. The van der Waals surface area contributed by atoms with E-state index in [2.05, 4.69) is 15.5 Å². The van der Waals surface area contributed by atoms with E-state index >= 15 is 0 Å². The summed E-state index contributed by atoms with van der Waals surface area (Å²) in [6.45, 7) is 4.30. The van der Waals surface area contributed by atoms with Crippen molar-refractivity contribution < 1.29 is 14.3 Å². The molecule has 15 heavy (non-hydrogen) atoms. The standard InChI is InChI=1S/C8H14N4O3/c1-4-15-8(13)7-9-10-11-12(7)6(2)5-14-3/h6H,4-5H2,1-3H3. The van der Waals surface area contributed by atoms with Crippen LogP contribution in [0, 0.1) is 0 Å². The van der Waals surface area contributed by atoms with Gasteiger partial charge in [-0.05, 0) is 24.3 Å². The van der Waals surface area contributed by atoms with E-state index in [9.17, 15) is 4.79 Å². The summed E-state index contributed by atoms with van der Waals surface area (Å²) in [5.41, 5.74) is 0. The van der Waals surface area contributed by atoms with Crippen LogP contribution in [0.4, 0.5) is 0 Å². The lowest BCUT2D eigenvalue weighted by Crippen LogP contribution is -2.20. The molecule has 84 valence electrons. The molecule has 1 heterocycles. The Balaban J connectivity index is 2.81. The molecule has 1 aromatic rings. The van der Waals surface area contributed by atoms with Gasteiger partial charge in [-0.1, -0.05) is 0 Å². The molecule has 1 rings (SSSR count). The highest BCUT2D eigenvalue weighted by Gasteiger charge is 2.20. The van der Waals surface area contributed by atoms with Crippen LogP contribution in [0.15, 0.2) is 0 Å². The van der Waals surface area contributed by atoms with Gasteiger partial charge in [0, 0.05) is 7.11 Å². The summed E-state index contributed by atoms with van der Waals surface area (Å²) in [4.78, 5) is 11.4. The minimum atomic E-state index is -0.523. The van der Waals surface area contributed by atoms with Gasteiger partial charge in [0.15, 0.2) is 0 Å². The molecule has 0 N–H and O–H groups in total. The smallest absolute Gasteiger partial charge is 0.378 e. The zero-order chi connectivity index (χ0) is 11.3. The molecule has 0 amide bonds. The average Bonchev–Trinajstić information content (AvgIpc) is 2.66. The quantitative estimate of drug-likeness (QED) is 0.645. The molecule has 0 saturated heterocycles. The Kier molecular flexibility index (Phi) is 4.17. The van der Waals surface area contributed by atoms with Crippen molar-refractivity contribution in [2.75, 3.05) is 20.3 Å². The first-order valence-corrected chi connectivity index (χ1v) is 4.64. The van der Waals surface area contributed by atoms with Gasteiger partial charge in [0.2, 0.25) is 0 Å². The maximum absolute atomic E-state index is 11.4. The lowest BCUT2D eigenvalue weighted by molar-refractivity contribution is 0.0496. The first-order chi connectivity index (χ1) is 7.20. The molecule has 7 heteroatoms. The van der Waals surface area contributed by atoms with Crippen molar-refractivity contribution in [1.82, 2.24) is 20.2 Å². The Morgan fingerprint density at radius 3 is 2.93 bits per heavy atom. The van der Waals surface area contributed by atoms with Crippen molar-refractivity contribution >= 4 is 5.97 Å². The Labute approximate surface area is 87.4 Å². The molecule has 0 spiro atoms. The van der Waals surface area contributed by atoms with Crippen molar-refractivity contribution in [2.45, 2.75) is 19.9 Å². The number of esters is 1. The Bertz CT molecular complexity index is 325. The molecule has 1 aromatic heterocycles. The normalized spacial score (nSPS) is 12.5. The van der Waals surface area contributed by atoms with Crippen molar-refractivity contribution in [3.63, 3.8) is 0 Å². The SMILES string of the molecule is CCOC(=O)c1nnnn1C(C)COC. The van der Waals surface area contributed by atoms with Crippen LogP contribution in [0.25, 0.3) is 0 Å². The van der Waals surface area contributed by atoms with Crippen LogP contribution in [0.5, 0.6) is 0 Å². The number of carbonyl (C=O) groups is 1. The van der Waals surface area contributed by atoms with E-state index in [4.69, 9.17) is 9.47 Å². The van der Waals surface area contributed by atoms with E-state index in [-0.39, 0.29) is 11.9 Å². The number of aromatic nitrogens is 4. The molecule has 1 atom stereocenters. The molecule has 0 radical (unpaired) electrons. The summed E-state index contributed by atoms with van der Waals surface area (Å²) in [6, 6.07) is -0.107. The zero-order valence-corrected chi connectivity index (χ0v) is 9.01. The highest BCUT2D eigenvalue weighted by Crippen LogP contribution is 2.06. The van der Waals surface area contributed by atoms with Gasteiger partial charge in [0.1, 0.15) is 0 Å². The molecule has 0 bridgehead atoms. The fourth-order valence-electron chi connectivity index (χ4n) is 1.13. The molecule has 0 aliphatic carbocycles. The van der Waals surface area contributed by atoms with Crippen molar-refractivity contribution in [2.24, 2.45) is 0 Å². The van der Waals surface area contributed by atoms with Crippen molar-refractivity contribution in [3.8, 4) is 0 Å². The summed E-state index contributed by atoms with van der Waals surface area (Å²) in [5, 5.41) is 10.8. The van der Waals surface area contributed by atoms with Crippen LogP contribution < -0.4 is 0 Å². The fourth-order valence-corrected chi connectivity index (χ4v) is 1.13. The Morgan fingerprint density at radius 2 is 2.33 bits per heavy atom. The summed E-state index contributed by atoms with van der Waals surface area (Å²) >= 11 is 0.